The highest BCUT2D eigenvalue weighted by Gasteiger charge is 2.15. The molecule has 0 bridgehead atoms. The molecule has 0 aliphatic heterocycles. The normalized spacial score (nSPS) is 12.7. The van der Waals surface area contributed by atoms with Gasteiger partial charge in [-0.3, -0.25) is 4.98 Å². The fourth-order valence-corrected chi connectivity index (χ4v) is 5.28. The Hall–Kier alpha value is -4.49. The molecule has 172 valence electrons. The molecule has 0 fully saturated rings. The zero-order valence-corrected chi connectivity index (χ0v) is 20.6. The van der Waals surface area contributed by atoms with Crippen LogP contribution in [-0.2, 0) is 0 Å². The first-order valence-corrected chi connectivity index (χ1v) is 12.4. The summed E-state index contributed by atoms with van der Waals surface area (Å²) in [5.74, 6) is 0. The number of hydrogen-bond donors (Lipinski definition) is 0. The van der Waals surface area contributed by atoms with Gasteiger partial charge in [0.1, 0.15) is 0 Å². The molecular weight excluding hydrogens is 434 g/mol. The van der Waals surface area contributed by atoms with Crippen molar-refractivity contribution in [1.29, 1.82) is 0 Å². The van der Waals surface area contributed by atoms with E-state index in [4.69, 9.17) is 4.98 Å². The van der Waals surface area contributed by atoms with Crippen LogP contribution in [-0.4, -0.2) is 4.98 Å². The van der Waals surface area contributed by atoms with Crippen molar-refractivity contribution >= 4 is 44.0 Å². The molecule has 1 nitrogen and oxygen atoms in total. The van der Waals surface area contributed by atoms with E-state index in [-0.39, 0.29) is 0 Å². The second-order valence-corrected chi connectivity index (χ2v) is 9.26. The number of hydrogen-bond acceptors (Lipinski definition) is 1. The second-order valence-electron chi connectivity index (χ2n) is 9.26. The summed E-state index contributed by atoms with van der Waals surface area (Å²) in [6.45, 7) is 4.23. The van der Waals surface area contributed by atoms with E-state index in [1.807, 2.05) is 12.3 Å². The fraction of sp³-hybridized carbons (Fsp3) is 0.0571. The lowest BCUT2D eigenvalue weighted by molar-refractivity contribution is 1.33. The highest BCUT2D eigenvalue weighted by atomic mass is 14.7. The van der Waals surface area contributed by atoms with Gasteiger partial charge in [0.05, 0.1) is 5.69 Å². The Morgan fingerprint density at radius 1 is 0.750 bits per heavy atom. The number of allylic oxidation sites excluding steroid dienone is 5. The van der Waals surface area contributed by atoms with Gasteiger partial charge in [-0.15, -0.1) is 0 Å². The minimum Gasteiger partial charge on any atom is -0.256 e. The number of rotatable bonds is 5. The molecule has 6 rings (SSSR count). The van der Waals surface area contributed by atoms with Crippen LogP contribution in [0, 0.1) is 6.92 Å². The molecule has 0 aliphatic carbocycles. The van der Waals surface area contributed by atoms with Crippen LogP contribution in [0.5, 0.6) is 0 Å². The van der Waals surface area contributed by atoms with Crippen LogP contribution in [0.2, 0.25) is 0 Å². The van der Waals surface area contributed by atoms with Crippen LogP contribution in [0.25, 0.3) is 55.2 Å². The third-order valence-corrected chi connectivity index (χ3v) is 6.84. The summed E-state index contributed by atoms with van der Waals surface area (Å²) in [7, 11) is 0. The Morgan fingerprint density at radius 3 is 2.22 bits per heavy atom. The van der Waals surface area contributed by atoms with Crippen molar-refractivity contribution in [3.05, 3.63) is 138 Å². The maximum absolute atomic E-state index is 4.71. The van der Waals surface area contributed by atoms with Gasteiger partial charge in [0.2, 0.25) is 0 Å². The van der Waals surface area contributed by atoms with Gasteiger partial charge in [0, 0.05) is 11.8 Å². The van der Waals surface area contributed by atoms with Crippen LogP contribution < -0.4 is 0 Å². The van der Waals surface area contributed by atoms with E-state index in [0.29, 0.717) is 0 Å². The molecule has 5 aromatic carbocycles. The molecule has 0 N–H and O–H groups in total. The summed E-state index contributed by atoms with van der Waals surface area (Å²) in [5.41, 5.74) is 7.04. The molecule has 1 heteroatoms. The predicted molar refractivity (Wildman–Crippen MR) is 156 cm³/mol. The third-order valence-electron chi connectivity index (χ3n) is 6.84. The summed E-state index contributed by atoms with van der Waals surface area (Å²) < 4.78 is 0. The van der Waals surface area contributed by atoms with Gasteiger partial charge in [0.15, 0.2) is 0 Å². The van der Waals surface area contributed by atoms with E-state index in [1.165, 1.54) is 60.1 Å². The Labute approximate surface area is 212 Å². The number of aromatic nitrogens is 1. The van der Waals surface area contributed by atoms with Gasteiger partial charge in [-0.25, -0.2) is 0 Å². The van der Waals surface area contributed by atoms with Gasteiger partial charge < -0.3 is 0 Å². The maximum Gasteiger partial charge on any atom is 0.0708 e. The molecule has 0 saturated carbocycles. The Morgan fingerprint density at radius 2 is 1.50 bits per heavy atom. The summed E-state index contributed by atoms with van der Waals surface area (Å²) in [6.07, 6.45) is 12.7. The molecule has 0 aliphatic rings. The monoisotopic (exact) mass is 461 g/mol. The van der Waals surface area contributed by atoms with E-state index in [0.717, 1.165) is 5.69 Å². The van der Waals surface area contributed by atoms with Crippen LogP contribution >= 0.6 is 0 Å². The molecule has 36 heavy (non-hydrogen) atoms. The van der Waals surface area contributed by atoms with E-state index >= 15 is 0 Å². The average molecular weight is 462 g/mol. The van der Waals surface area contributed by atoms with Crippen LogP contribution in [0.3, 0.4) is 0 Å². The van der Waals surface area contributed by atoms with Gasteiger partial charge >= 0.3 is 0 Å². The molecule has 1 heterocycles. The largest absolute Gasteiger partial charge is 0.256 e. The Balaban J connectivity index is 1.60. The summed E-state index contributed by atoms with van der Waals surface area (Å²) >= 11 is 0. The van der Waals surface area contributed by atoms with Crippen molar-refractivity contribution < 1.29 is 0 Å². The lowest BCUT2D eigenvalue weighted by Crippen LogP contribution is -1.92. The molecule has 0 spiro atoms. The molecule has 0 saturated heterocycles. The van der Waals surface area contributed by atoms with Crippen LogP contribution in [0.4, 0.5) is 0 Å². The van der Waals surface area contributed by atoms with Crippen molar-refractivity contribution in [3.8, 4) is 11.3 Å². The van der Waals surface area contributed by atoms with E-state index in [2.05, 4.69) is 129 Å². The highest BCUT2D eigenvalue weighted by Crippen LogP contribution is 2.41. The van der Waals surface area contributed by atoms with E-state index in [1.54, 1.807) is 0 Å². The number of aryl methyl sites for hydroxylation is 1. The third kappa shape index (κ3) is 3.89. The van der Waals surface area contributed by atoms with Gasteiger partial charge in [-0.2, -0.15) is 0 Å². The molecule has 0 amide bonds. The van der Waals surface area contributed by atoms with Crippen molar-refractivity contribution in [2.45, 2.75) is 13.8 Å². The molecular formula is C35H27N. The average Bonchev–Trinajstić information content (AvgIpc) is 2.92. The summed E-state index contributed by atoms with van der Waals surface area (Å²) in [4.78, 5) is 4.71. The zero-order chi connectivity index (χ0) is 24.5. The first-order chi connectivity index (χ1) is 17.7. The standard InChI is InChI=1S/C35H27N/c1-3-10-25(26-11-5-4-6-12-26)13-9-14-27-23-32(33-15-7-8-20-36-33)31-19-17-29-22-24(2)21-28-16-18-30(27)35(31)34(28)29/h3-23H,1-2H3/b10-3-,14-9+,25-13+. The molecule has 6 aromatic rings. The topological polar surface area (TPSA) is 12.9 Å². The minimum absolute atomic E-state index is 0.996. The molecule has 0 atom stereocenters. The molecule has 0 unspecified atom stereocenters. The fourth-order valence-electron chi connectivity index (χ4n) is 5.28. The zero-order valence-electron chi connectivity index (χ0n) is 20.6. The number of nitrogens with zero attached hydrogens (tertiary/aromatic N) is 1. The van der Waals surface area contributed by atoms with Crippen LogP contribution in [0.1, 0.15) is 23.6 Å². The minimum atomic E-state index is 0.996. The van der Waals surface area contributed by atoms with Gasteiger partial charge in [-0.05, 0) is 86.6 Å². The van der Waals surface area contributed by atoms with Crippen molar-refractivity contribution in [1.82, 2.24) is 4.98 Å². The van der Waals surface area contributed by atoms with Gasteiger partial charge in [-0.1, -0.05) is 103 Å². The van der Waals surface area contributed by atoms with Gasteiger partial charge in [0.25, 0.3) is 0 Å². The van der Waals surface area contributed by atoms with Crippen molar-refractivity contribution in [2.75, 3.05) is 0 Å². The number of pyridine rings is 1. The quantitative estimate of drug-likeness (QED) is 0.184. The molecule has 0 radical (unpaired) electrons. The lowest BCUT2D eigenvalue weighted by Gasteiger charge is -2.16. The Bertz CT molecular complexity index is 1750. The number of benzene rings is 5. The lowest BCUT2D eigenvalue weighted by atomic mass is 9.87. The highest BCUT2D eigenvalue weighted by molar-refractivity contribution is 6.26. The second kappa shape index (κ2) is 9.28. The first kappa shape index (κ1) is 22.0. The van der Waals surface area contributed by atoms with E-state index in [9.17, 15) is 0 Å². The molecule has 1 aromatic heterocycles. The smallest absolute Gasteiger partial charge is 0.0708 e. The maximum atomic E-state index is 4.71. The first-order valence-electron chi connectivity index (χ1n) is 12.4. The summed E-state index contributed by atoms with van der Waals surface area (Å²) in [6, 6.07) is 32.6. The van der Waals surface area contributed by atoms with Crippen LogP contribution in [0.15, 0.2) is 121 Å². The predicted octanol–water partition coefficient (Wildman–Crippen LogP) is 9.63. The Kier molecular flexibility index (Phi) is 5.67. The van der Waals surface area contributed by atoms with E-state index < -0.39 is 0 Å². The summed E-state index contributed by atoms with van der Waals surface area (Å²) in [5, 5.41) is 7.73. The van der Waals surface area contributed by atoms with Crippen molar-refractivity contribution in [2.24, 2.45) is 0 Å². The van der Waals surface area contributed by atoms with Crippen molar-refractivity contribution in [3.63, 3.8) is 0 Å². The SMILES string of the molecule is C\C=C/C(=C\C=C\c1cc(-c2ccccn2)c2ccc3cc(C)cc4ccc1c2c43)c1ccccc1.